The molecule has 3 aliphatic carbocycles. The van der Waals surface area contributed by atoms with Gasteiger partial charge in [-0.05, 0) is 84.4 Å². The van der Waals surface area contributed by atoms with Crippen molar-refractivity contribution in [1.82, 2.24) is 0 Å². The van der Waals surface area contributed by atoms with Gasteiger partial charge in [0.1, 0.15) is 5.76 Å². The van der Waals surface area contributed by atoms with Gasteiger partial charge in [0.15, 0.2) is 5.78 Å². The van der Waals surface area contributed by atoms with Crippen LogP contribution < -0.4 is 0 Å². The summed E-state index contributed by atoms with van der Waals surface area (Å²) in [5.41, 5.74) is 4.66. The number of allylic oxidation sites excluding steroid dienone is 2. The maximum Gasteiger partial charge on any atom is 0.169 e. The third-order valence-electron chi connectivity index (χ3n) is 6.97. The highest BCUT2D eigenvalue weighted by molar-refractivity contribution is 6.30. The first-order valence-electron chi connectivity index (χ1n) is 10.8. The Bertz CT molecular complexity index is 934. The highest BCUT2D eigenvalue weighted by Crippen LogP contribution is 2.42. The fourth-order valence-corrected chi connectivity index (χ4v) is 5.21. The minimum Gasteiger partial charge on any atom is -0.512 e. The second kappa shape index (κ2) is 8.36. The second-order valence-corrected chi connectivity index (χ2v) is 9.13. The average Bonchev–Trinajstić information content (AvgIpc) is 2.80. The molecule has 3 heteroatoms. The Morgan fingerprint density at radius 1 is 1.00 bits per heavy atom. The predicted molar refractivity (Wildman–Crippen MR) is 120 cm³/mol. The molecule has 152 valence electrons. The van der Waals surface area contributed by atoms with Gasteiger partial charge >= 0.3 is 0 Å². The summed E-state index contributed by atoms with van der Waals surface area (Å²) < 4.78 is 0. The van der Waals surface area contributed by atoms with Crippen LogP contribution in [0.3, 0.4) is 0 Å². The predicted octanol–water partition coefficient (Wildman–Crippen LogP) is 7.25. The fourth-order valence-electron chi connectivity index (χ4n) is 5.08. The van der Waals surface area contributed by atoms with Gasteiger partial charge in [-0.2, -0.15) is 0 Å². The zero-order valence-electron chi connectivity index (χ0n) is 17.2. The smallest absolute Gasteiger partial charge is 0.169 e. The molecular weight excluding hydrogens is 380 g/mol. The maximum absolute atomic E-state index is 13.6. The molecule has 5 rings (SSSR count). The first-order chi connectivity index (χ1) is 14.0. The quantitative estimate of drug-likeness (QED) is 0.580. The number of aliphatic hydroxyl groups is 1. The van der Waals surface area contributed by atoms with Crippen LogP contribution in [-0.4, -0.2) is 10.9 Å². The summed E-state index contributed by atoms with van der Waals surface area (Å²) in [4.78, 5) is 13.6. The Balaban J connectivity index is 1.85. The number of halogens is 1. The van der Waals surface area contributed by atoms with Crippen molar-refractivity contribution in [3.63, 3.8) is 0 Å². The number of benzene rings is 2. The van der Waals surface area contributed by atoms with E-state index in [-0.39, 0.29) is 17.5 Å². The van der Waals surface area contributed by atoms with Gasteiger partial charge in [0.2, 0.25) is 0 Å². The summed E-state index contributed by atoms with van der Waals surface area (Å²) in [5, 5.41) is 11.8. The molecule has 29 heavy (non-hydrogen) atoms. The van der Waals surface area contributed by atoms with Crippen LogP contribution in [0.25, 0.3) is 16.7 Å². The van der Waals surface area contributed by atoms with Crippen molar-refractivity contribution in [2.75, 3.05) is 0 Å². The van der Waals surface area contributed by atoms with E-state index in [0.717, 1.165) is 54.4 Å². The monoisotopic (exact) mass is 408 g/mol. The lowest BCUT2D eigenvalue weighted by atomic mass is 9.74. The van der Waals surface area contributed by atoms with Crippen molar-refractivity contribution < 1.29 is 9.90 Å². The van der Waals surface area contributed by atoms with Crippen LogP contribution >= 0.6 is 11.6 Å². The van der Waals surface area contributed by atoms with Gasteiger partial charge < -0.3 is 5.11 Å². The van der Waals surface area contributed by atoms with E-state index in [2.05, 4.69) is 32.0 Å². The molecule has 2 aromatic carbocycles. The van der Waals surface area contributed by atoms with E-state index in [4.69, 9.17) is 11.6 Å². The highest BCUT2D eigenvalue weighted by atomic mass is 35.5. The summed E-state index contributed by atoms with van der Waals surface area (Å²) in [6, 6.07) is 14.0. The zero-order valence-corrected chi connectivity index (χ0v) is 18.0. The van der Waals surface area contributed by atoms with Crippen molar-refractivity contribution >= 4 is 23.0 Å². The van der Waals surface area contributed by atoms with E-state index in [9.17, 15) is 9.90 Å². The molecule has 0 aromatic heterocycles. The third-order valence-corrected chi connectivity index (χ3v) is 7.22. The van der Waals surface area contributed by atoms with E-state index in [1.165, 1.54) is 0 Å². The maximum atomic E-state index is 13.6. The van der Waals surface area contributed by atoms with Crippen LogP contribution in [-0.2, 0) is 11.2 Å². The number of carbonyl (C=O) groups excluding carboxylic acids is 1. The van der Waals surface area contributed by atoms with E-state index >= 15 is 0 Å². The molecule has 0 spiro atoms. The Morgan fingerprint density at radius 2 is 1.66 bits per heavy atom. The number of rotatable bonds is 3. The minimum atomic E-state index is -0.0462. The number of carbonyl (C=O) groups is 1. The van der Waals surface area contributed by atoms with Crippen LogP contribution in [0.15, 0.2) is 48.2 Å². The van der Waals surface area contributed by atoms with Gasteiger partial charge in [0.05, 0.1) is 5.57 Å². The summed E-state index contributed by atoms with van der Waals surface area (Å²) in [7, 11) is 0. The number of Topliss-reactive ketones (excluding diaryl/α,β-unsaturated/α-hetero) is 1. The van der Waals surface area contributed by atoms with Gasteiger partial charge in [0, 0.05) is 17.4 Å². The topological polar surface area (TPSA) is 37.3 Å². The van der Waals surface area contributed by atoms with E-state index < -0.39 is 0 Å². The average molecular weight is 409 g/mol. The molecule has 3 aliphatic rings. The Labute approximate surface area is 178 Å². The molecule has 2 nitrogen and oxygen atoms in total. The molecule has 2 aromatic rings. The number of fused-ring (bicyclic) bond motifs is 5. The summed E-state index contributed by atoms with van der Waals surface area (Å²) in [6.07, 6.45) is 5.87. The lowest BCUT2D eigenvalue weighted by Crippen LogP contribution is -2.25. The summed E-state index contributed by atoms with van der Waals surface area (Å²) in [5.74, 6) is 1.28. The largest absolute Gasteiger partial charge is 0.512 e. The SMILES string of the molecule is CCc1ccc(-c2ccc(Cl)cc2)cc1/C1=C(\O)C[C@H]2CC[C@H](CC2)[C@H](C)C1=O. The third kappa shape index (κ3) is 4.00. The lowest BCUT2D eigenvalue weighted by molar-refractivity contribution is -0.118. The number of hydrogen-bond donors (Lipinski definition) is 1. The number of aryl methyl sites for hydroxylation is 1. The molecule has 2 bridgehead atoms. The summed E-state index contributed by atoms with van der Waals surface area (Å²) >= 11 is 6.05. The van der Waals surface area contributed by atoms with Gasteiger partial charge in [-0.3, -0.25) is 4.79 Å². The van der Waals surface area contributed by atoms with Crippen molar-refractivity contribution in [2.45, 2.75) is 52.4 Å². The molecule has 1 saturated carbocycles. The van der Waals surface area contributed by atoms with Gasteiger partial charge in [-0.1, -0.05) is 49.7 Å². The molecular formula is C26H29ClO2. The number of aliphatic hydroxyl groups excluding tert-OH is 1. The number of ketones is 1. The fraction of sp³-hybridized carbons (Fsp3) is 0.423. The van der Waals surface area contributed by atoms with Crippen LogP contribution in [0.5, 0.6) is 0 Å². The Hall–Kier alpha value is -2.06. The number of hydrogen-bond acceptors (Lipinski definition) is 2. The van der Waals surface area contributed by atoms with E-state index in [1.54, 1.807) is 0 Å². The van der Waals surface area contributed by atoms with Gasteiger partial charge in [0.25, 0.3) is 0 Å². The second-order valence-electron chi connectivity index (χ2n) is 8.69. The molecule has 0 unspecified atom stereocenters. The van der Waals surface area contributed by atoms with Crippen molar-refractivity contribution in [3.05, 3.63) is 64.4 Å². The standard InChI is InChI=1S/C26H29ClO2/c1-3-18-8-9-21(20-10-12-22(27)13-11-20)15-23(18)25-24(28)14-17-4-6-19(7-5-17)16(2)26(25)29/h8-13,15-17,19,28H,3-7,14H2,1-2H3/b25-24+/t16-,17-,19+/m0/s1. The molecule has 0 aliphatic heterocycles. The normalized spacial score (nSPS) is 27.4. The van der Waals surface area contributed by atoms with Gasteiger partial charge in [-0.15, -0.1) is 0 Å². The molecule has 0 saturated heterocycles. The van der Waals surface area contributed by atoms with Crippen LogP contribution in [0.1, 0.15) is 57.1 Å². The molecule has 1 atom stereocenters. The first kappa shape index (κ1) is 20.2. The zero-order chi connectivity index (χ0) is 20.5. The first-order valence-corrected chi connectivity index (χ1v) is 11.2. The van der Waals surface area contributed by atoms with Crippen LogP contribution in [0.4, 0.5) is 0 Å². The minimum absolute atomic E-state index is 0.0462. The van der Waals surface area contributed by atoms with E-state index in [0.29, 0.717) is 28.9 Å². The van der Waals surface area contributed by atoms with E-state index in [1.807, 2.05) is 24.3 Å². The summed E-state index contributed by atoms with van der Waals surface area (Å²) in [6.45, 7) is 4.16. The molecule has 0 amide bonds. The van der Waals surface area contributed by atoms with Crippen molar-refractivity contribution in [3.8, 4) is 11.1 Å². The van der Waals surface area contributed by atoms with Crippen LogP contribution in [0.2, 0.25) is 5.02 Å². The van der Waals surface area contributed by atoms with Gasteiger partial charge in [-0.25, -0.2) is 0 Å². The van der Waals surface area contributed by atoms with Crippen molar-refractivity contribution in [2.24, 2.45) is 17.8 Å². The van der Waals surface area contributed by atoms with Crippen molar-refractivity contribution in [1.29, 1.82) is 0 Å². The highest BCUT2D eigenvalue weighted by Gasteiger charge is 2.35. The Kier molecular flexibility index (Phi) is 5.83. The van der Waals surface area contributed by atoms with Crippen LogP contribution in [0, 0.1) is 17.8 Å². The molecule has 0 heterocycles. The molecule has 1 fully saturated rings. The molecule has 1 N–H and O–H groups in total. The molecule has 0 radical (unpaired) electrons. The Morgan fingerprint density at radius 3 is 2.31 bits per heavy atom. The lowest BCUT2D eigenvalue weighted by Gasteiger charge is -2.29.